The van der Waals surface area contributed by atoms with Crippen LogP contribution in [0.15, 0.2) is 18.2 Å². The Kier molecular flexibility index (Phi) is 10.5. The predicted molar refractivity (Wildman–Crippen MR) is 161 cm³/mol. The van der Waals surface area contributed by atoms with Gasteiger partial charge in [0.2, 0.25) is 0 Å². The van der Waals surface area contributed by atoms with Crippen molar-refractivity contribution in [2.45, 2.75) is 103 Å². The van der Waals surface area contributed by atoms with Gasteiger partial charge in [-0.1, -0.05) is 33.1 Å². The largest absolute Gasteiger partial charge is 0.381 e. The maximum Gasteiger partial charge on any atom is 0.0605 e. The van der Waals surface area contributed by atoms with E-state index in [4.69, 9.17) is 4.74 Å². The highest BCUT2D eigenvalue weighted by molar-refractivity contribution is 5.85. The Bertz CT molecular complexity index is 813. The van der Waals surface area contributed by atoms with Gasteiger partial charge in [-0.3, -0.25) is 4.90 Å². The van der Waals surface area contributed by atoms with Crippen molar-refractivity contribution in [3.63, 3.8) is 0 Å². The lowest BCUT2D eigenvalue weighted by Crippen LogP contribution is -2.47. The third-order valence-corrected chi connectivity index (χ3v) is 10.3. The number of ether oxygens (including phenoxy) is 1. The summed E-state index contributed by atoms with van der Waals surface area (Å²) in [4.78, 5) is 8.04. The van der Waals surface area contributed by atoms with E-state index in [2.05, 4.69) is 46.7 Å². The van der Waals surface area contributed by atoms with Gasteiger partial charge in [-0.05, 0) is 105 Å². The average Bonchev–Trinajstić information content (AvgIpc) is 2.93. The number of rotatable bonds is 7. The topological polar surface area (TPSA) is 19.0 Å². The molecular weight excluding hydrogens is 478 g/mol. The Labute approximate surface area is 233 Å². The highest BCUT2D eigenvalue weighted by atomic mass is 35.5. The summed E-state index contributed by atoms with van der Waals surface area (Å²) >= 11 is 0. The van der Waals surface area contributed by atoms with E-state index >= 15 is 0 Å². The van der Waals surface area contributed by atoms with Crippen LogP contribution in [0.25, 0.3) is 0 Å². The van der Waals surface area contributed by atoms with Gasteiger partial charge in [0.1, 0.15) is 0 Å². The summed E-state index contributed by atoms with van der Waals surface area (Å²) in [7, 11) is 1.87. The molecule has 4 nitrogen and oxygen atoms in total. The van der Waals surface area contributed by atoms with Crippen molar-refractivity contribution in [2.24, 2.45) is 11.3 Å². The minimum atomic E-state index is 0. The molecule has 0 aromatic heterocycles. The van der Waals surface area contributed by atoms with Crippen LogP contribution in [0.5, 0.6) is 0 Å². The zero-order valence-corrected chi connectivity index (χ0v) is 24.9. The first-order valence-electron chi connectivity index (χ1n) is 15.4. The summed E-state index contributed by atoms with van der Waals surface area (Å²) in [6.07, 6.45) is 17.2. The molecule has 5 rings (SSSR count). The number of hydrogen-bond donors (Lipinski definition) is 0. The Balaban J connectivity index is 0.00000320. The number of hydrogen-bond acceptors (Lipinski definition) is 4. The first-order valence-corrected chi connectivity index (χ1v) is 15.4. The van der Waals surface area contributed by atoms with Crippen molar-refractivity contribution < 1.29 is 4.74 Å². The number of benzene rings is 1. The molecule has 0 radical (unpaired) electrons. The molecule has 4 fully saturated rings. The molecule has 4 aliphatic rings. The van der Waals surface area contributed by atoms with Crippen LogP contribution in [0.4, 0.5) is 11.4 Å². The highest BCUT2D eigenvalue weighted by Gasteiger charge is 2.37. The van der Waals surface area contributed by atoms with Gasteiger partial charge in [0.25, 0.3) is 0 Å². The highest BCUT2D eigenvalue weighted by Crippen LogP contribution is 2.52. The third kappa shape index (κ3) is 7.17. The minimum absolute atomic E-state index is 0. The van der Waals surface area contributed by atoms with Crippen LogP contribution in [0, 0.1) is 11.3 Å². The lowest BCUT2D eigenvalue weighted by atomic mass is 9.62. The quantitative estimate of drug-likeness (QED) is 0.362. The third-order valence-electron chi connectivity index (χ3n) is 10.3. The van der Waals surface area contributed by atoms with Crippen molar-refractivity contribution >= 4 is 23.8 Å². The van der Waals surface area contributed by atoms with Crippen molar-refractivity contribution in [1.82, 2.24) is 4.90 Å². The summed E-state index contributed by atoms with van der Waals surface area (Å²) in [5, 5.41) is 0. The second-order valence-corrected chi connectivity index (χ2v) is 13.0. The van der Waals surface area contributed by atoms with Gasteiger partial charge in [-0.2, -0.15) is 0 Å². The van der Waals surface area contributed by atoms with Crippen LogP contribution >= 0.6 is 12.4 Å². The maximum absolute atomic E-state index is 5.65. The fourth-order valence-electron chi connectivity index (χ4n) is 7.70. The predicted octanol–water partition coefficient (Wildman–Crippen LogP) is 7.50. The van der Waals surface area contributed by atoms with E-state index < -0.39 is 0 Å². The maximum atomic E-state index is 5.65. The molecule has 2 heterocycles. The van der Waals surface area contributed by atoms with Gasteiger partial charge in [0.05, 0.1) is 6.10 Å². The monoisotopic (exact) mass is 531 g/mol. The van der Waals surface area contributed by atoms with Crippen LogP contribution in [0.2, 0.25) is 0 Å². The number of piperazine rings is 1. The Morgan fingerprint density at radius 3 is 2.14 bits per heavy atom. The van der Waals surface area contributed by atoms with Crippen LogP contribution < -0.4 is 9.80 Å². The molecule has 0 amide bonds. The SMILES string of the molecule is COC1CCN(c2ccc(N3CCN(CCC(C)C)CC3)c(C3CCC4(CCCCC4)CC3)c2)CC1.Cl. The van der Waals surface area contributed by atoms with Gasteiger partial charge in [-0.25, -0.2) is 0 Å². The summed E-state index contributed by atoms with van der Waals surface area (Å²) < 4.78 is 5.65. The molecule has 2 aliphatic carbocycles. The lowest BCUT2D eigenvalue weighted by Gasteiger charge is -2.44. The van der Waals surface area contributed by atoms with E-state index in [1.165, 1.54) is 103 Å². The average molecular weight is 532 g/mol. The Morgan fingerprint density at radius 1 is 0.838 bits per heavy atom. The number of piperidine rings is 1. The van der Waals surface area contributed by atoms with E-state index in [0.717, 1.165) is 37.8 Å². The molecule has 1 aromatic carbocycles. The molecule has 0 bridgehead atoms. The molecule has 0 N–H and O–H groups in total. The zero-order valence-electron chi connectivity index (χ0n) is 24.1. The molecule has 1 spiro atoms. The second-order valence-electron chi connectivity index (χ2n) is 13.0. The molecule has 2 aliphatic heterocycles. The van der Waals surface area contributed by atoms with Crippen molar-refractivity contribution in [1.29, 1.82) is 0 Å². The second kappa shape index (κ2) is 13.4. The van der Waals surface area contributed by atoms with E-state index in [9.17, 15) is 0 Å². The normalized spacial score (nSPS) is 24.0. The van der Waals surface area contributed by atoms with Crippen molar-refractivity contribution in [2.75, 3.05) is 62.7 Å². The molecular formula is C32H54ClN3O. The zero-order chi connectivity index (χ0) is 25.0. The van der Waals surface area contributed by atoms with Crippen LogP contribution in [-0.4, -0.2) is 63.9 Å². The Morgan fingerprint density at radius 2 is 1.51 bits per heavy atom. The Hall–Kier alpha value is -0.970. The van der Waals surface area contributed by atoms with E-state index in [1.54, 1.807) is 11.3 Å². The smallest absolute Gasteiger partial charge is 0.0605 e. The summed E-state index contributed by atoms with van der Waals surface area (Å²) in [5.74, 6) is 1.54. The molecule has 210 valence electrons. The number of methoxy groups -OCH3 is 1. The molecule has 0 unspecified atom stereocenters. The molecule has 5 heteroatoms. The first kappa shape index (κ1) is 29.0. The van der Waals surface area contributed by atoms with Gasteiger partial charge in [0, 0.05) is 57.8 Å². The number of anilines is 2. The van der Waals surface area contributed by atoms with E-state index in [0.29, 0.717) is 11.5 Å². The molecule has 37 heavy (non-hydrogen) atoms. The molecule has 1 aromatic rings. The fraction of sp³-hybridized carbons (Fsp3) is 0.812. The van der Waals surface area contributed by atoms with Gasteiger partial charge < -0.3 is 14.5 Å². The summed E-state index contributed by atoms with van der Waals surface area (Å²) in [5.41, 5.74) is 5.37. The minimum Gasteiger partial charge on any atom is -0.381 e. The standard InChI is InChI=1S/C32H53N3O.ClH/c1-26(2)11-18-33-21-23-35(24-22-33)31-8-7-28(34-19-12-29(36-3)13-20-34)25-30(31)27-9-16-32(17-10-27)14-5-4-6-15-32;/h7-8,25-27,29H,4-6,9-24H2,1-3H3;1H. The van der Waals surface area contributed by atoms with E-state index in [1.807, 2.05) is 7.11 Å². The summed E-state index contributed by atoms with van der Waals surface area (Å²) in [6.45, 7) is 13.0. The van der Waals surface area contributed by atoms with Crippen LogP contribution in [-0.2, 0) is 4.74 Å². The van der Waals surface area contributed by atoms with Gasteiger partial charge >= 0.3 is 0 Å². The molecule has 0 atom stereocenters. The summed E-state index contributed by atoms with van der Waals surface area (Å²) in [6, 6.07) is 7.56. The first-order chi connectivity index (χ1) is 17.5. The van der Waals surface area contributed by atoms with Crippen molar-refractivity contribution in [3.05, 3.63) is 23.8 Å². The molecule has 2 saturated heterocycles. The lowest BCUT2D eigenvalue weighted by molar-refractivity contribution is 0.0819. The van der Waals surface area contributed by atoms with E-state index in [-0.39, 0.29) is 12.4 Å². The number of nitrogens with zero attached hydrogens (tertiary/aromatic N) is 3. The van der Waals surface area contributed by atoms with Crippen molar-refractivity contribution in [3.8, 4) is 0 Å². The fourth-order valence-corrected chi connectivity index (χ4v) is 7.70. The number of halogens is 1. The molecule has 2 saturated carbocycles. The van der Waals surface area contributed by atoms with Crippen LogP contribution in [0.1, 0.15) is 102 Å². The van der Waals surface area contributed by atoms with Crippen LogP contribution in [0.3, 0.4) is 0 Å². The van der Waals surface area contributed by atoms with Gasteiger partial charge in [0.15, 0.2) is 0 Å². The van der Waals surface area contributed by atoms with Gasteiger partial charge in [-0.15, -0.1) is 12.4 Å².